The Hall–Kier alpha value is -0.0104. The van der Waals surface area contributed by atoms with Crippen molar-refractivity contribution in [2.75, 3.05) is 0 Å². The Balaban J connectivity index is 3.55. The molecule has 0 amide bonds. The summed E-state index contributed by atoms with van der Waals surface area (Å²) >= 11 is -2.38. The van der Waals surface area contributed by atoms with Gasteiger partial charge in [-0.3, -0.25) is 0 Å². The Bertz CT molecular complexity index is 97.2. The van der Waals surface area contributed by atoms with Gasteiger partial charge >= 0.3 is 51.9 Å². The summed E-state index contributed by atoms with van der Waals surface area (Å²) < 4.78 is 4.35. The molecule has 5 heteroatoms. The second-order valence-corrected chi connectivity index (χ2v) is 12.3. The van der Waals surface area contributed by atoms with E-state index in [1.54, 1.807) is 0 Å². The van der Waals surface area contributed by atoms with Crippen molar-refractivity contribution in [2.24, 2.45) is 0 Å². The van der Waals surface area contributed by atoms with Crippen LogP contribution in [0.1, 0.15) is 0 Å². The number of hydrogen-bond donors (Lipinski definition) is 0. The quantitative estimate of drug-likeness (QED) is 0.407. The van der Waals surface area contributed by atoms with Crippen LogP contribution in [0.2, 0.25) is 14.9 Å². The van der Waals surface area contributed by atoms with Crippen molar-refractivity contribution in [1.29, 1.82) is 0 Å². The summed E-state index contributed by atoms with van der Waals surface area (Å²) in [5.41, 5.74) is 0. The van der Waals surface area contributed by atoms with Crippen molar-refractivity contribution in [3.8, 4) is 0 Å². The molecule has 0 atom stereocenters. The standard InChI is InChI=1S/C3H9NO3Te/c1-8(2,3)7-4(5)6/h1-3H3. The molecule has 0 fully saturated rings. The third-order valence-electron chi connectivity index (χ3n) is 0.284. The fourth-order valence-corrected chi connectivity index (χ4v) is 1.22. The summed E-state index contributed by atoms with van der Waals surface area (Å²) in [4.78, 5) is 15.1. The van der Waals surface area contributed by atoms with Crippen LogP contribution in [-0.4, -0.2) is 23.7 Å². The van der Waals surface area contributed by atoms with Gasteiger partial charge in [-0.2, -0.15) is 0 Å². The van der Waals surface area contributed by atoms with Crippen LogP contribution in [0.5, 0.6) is 0 Å². The van der Waals surface area contributed by atoms with Gasteiger partial charge in [-0.05, 0) is 0 Å². The molecular weight excluding hydrogens is 226 g/mol. The monoisotopic (exact) mass is 237 g/mol. The molecule has 0 aromatic carbocycles. The fraction of sp³-hybridized carbons (Fsp3) is 1.00. The van der Waals surface area contributed by atoms with Crippen molar-refractivity contribution in [1.82, 2.24) is 0 Å². The second-order valence-electron chi connectivity index (χ2n) is 2.02. The summed E-state index contributed by atoms with van der Waals surface area (Å²) in [5.74, 6) is 0. The predicted molar refractivity (Wildman–Crippen MR) is 31.4 cm³/mol. The van der Waals surface area contributed by atoms with Gasteiger partial charge < -0.3 is 0 Å². The third kappa shape index (κ3) is 5.99. The topological polar surface area (TPSA) is 52.4 Å². The van der Waals surface area contributed by atoms with Crippen molar-refractivity contribution in [3.05, 3.63) is 10.1 Å². The maximum absolute atomic E-state index is 9.65. The zero-order valence-electron chi connectivity index (χ0n) is 5.08. The van der Waals surface area contributed by atoms with Crippen molar-refractivity contribution in [3.63, 3.8) is 0 Å². The van der Waals surface area contributed by atoms with Crippen LogP contribution in [0.3, 0.4) is 0 Å². The summed E-state index contributed by atoms with van der Waals surface area (Å²) in [6.07, 6.45) is 0. The first-order chi connectivity index (χ1) is 3.42. The van der Waals surface area contributed by atoms with Crippen molar-refractivity contribution >= 4 is 18.6 Å². The minimum absolute atomic E-state index is 0.707. The van der Waals surface area contributed by atoms with E-state index in [4.69, 9.17) is 0 Å². The van der Waals surface area contributed by atoms with Crippen molar-refractivity contribution < 1.29 is 8.29 Å². The molecule has 0 bridgehead atoms. The van der Waals surface area contributed by atoms with E-state index < -0.39 is 23.7 Å². The molecule has 8 heavy (non-hydrogen) atoms. The van der Waals surface area contributed by atoms with Gasteiger partial charge in [0.15, 0.2) is 0 Å². The van der Waals surface area contributed by atoms with Crippen LogP contribution in [0, 0.1) is 10.1 Å². The summed E-state index contributed by atoms with van der Waals surface area (Å²) in [5, 5.41) is 8.94. The van der Waals surface area contributed by atoms with Crippen LogP contribution < -0.4 is 0 Å². The molecule has 50 valence electrons. The molecule has 0 saturated heterocycles. The molecule has 0 saturated carbocycles. The van der Waals surface area contributed by atoms with Crippen LogP contribution in [0.15, 0.2) is 0 Å². The Morgan fingerprint density at radius 1 is 1.50 bits per heavy atom. The van der Waals surface area contributed by atoms with E-state index in [0.717, 1.165) is 0 Å². The molecule has 0 N–H and O–H groups in total. The molecule has 0 aromatic rings. The summed E-state index contributed by atoms with van der Waals surface area (Å²) in [6.45, 7) is 0. The maximum atomic E-state index is 9.65. The van der Waals surface area contributed by atoms with Crippen LogP contribution in [0.4, 0.5) is 0 Å². The molecule has 0 aliphatic carbocycles. The van der Waals surface area contributed by atoms with E-state index in [0.29, 0.717) is 0 Å². The second kappa shape index (κ2) is 2.51. The number of hydrogen-bond acceptors (Lipinski definition) is 3. The zero-order chi connectivity index (χ0) is 6.78. The number of nitrogens with zero attached hydrogens (tertiary/aromatic N) is 1. The normalized spacial score (nSPS) is 12.9. The van der Waals surface area contributed by atoms with Crippen LogP contribution in [0.25, 0.3) is 0 Å². The van der Waals surface area contributed by atoms with E-state index >= 15 is 0 Å². The molecule has 0 rings (SSSR count). The summed E-state index contributed by atoms with van der Waals surface area (Å²) in [6, 6.07) is 0. The first-order valence-electron chi connectivity index (χ1n) is 1.94. The SMILES string of the molecule is C[Te](C)(C)O[N+](=O)[O-]. The molecular formula is C3H9NO3Te. The van der Waals surface area contributed by atoms with Gasteiger partial charge in [0.2, 0.25) is 0 Å². The van der Waals surface area contributed by atoms with Gasteiger partial charge in [0.1, 0.15) is 0 Å². The molecule has 0 spiro atoms. The average molecular weight is 235 g/mol. The summed E-state index contributed by atoms with van der Waals surface area (Å²) in [7, 11) is 0. The first kappa shape index (κ1) is 7.99. The molecule has 0 aliphatic rings. The van der Waals surface area contributed by atoms with E-state index in [-0.39, 0.29) is 0 Å². The molecule has 0 heterocycles. The average Bonchev–Trinajstić information content (AvgIpc) is 1.21. The van der Waals surface area contributed by atoms with Crippen LogP contribution >= 0.6 is 0 Å². The van der Waals surface area contributed by atoms with Gasteiger partial charge in [-0.1, -0.05) is 0 Å². The van der Waals surface area contributed by atoms with Gasteiger partial charge in [0.05, 0.1) is 0 Å². The fourth-order valence-electron chi connectivity index (χ4n) is 0.183. The van der Waals surface area contributed by atoms with Crippen LogP contribution in [-0.2, 0) is 3.20 Å². The van der Waals surface area contributed by atoms with Gasteiger partial charge in [0.25, 0.3) is 0 Å². The Kier molecular flexibility index (Phi) is 2.51. The van der Waals surface area contributed by atoms with Gasteiger partial charge in [0, 0.05) is 0 Å². The Labute approximate surface area is 52.3 Å². The molecule has 4 nitrogen and oxygen atoms in total. The molecule has 0 unspecified atom stereocenters. The minimum atomic E-state index is -2.38. The van der Waals surface area contributed by atoms with E-state index in [1.807, 2.05) is 14.9 Å². The molecule has 0 radical (unpaired) electrons. The van der Waals surface area contributed by atoms with Gasteiger partial charge in [-0.15, -0.1) is 0 Å². The molecule has 0 aliphatic heterocycles. The first-order valence-corrected chi connectivity index (χ1v) is 9.88. The van der Waals surface area contributed by atoms with E-state index in [9.17, 15) is 10.1 Å². The predicted octanol–water partition coefficient (Wildman–Crippen LogP) is 1.03. The Morgan fingerprint density at radius 3 is 1.88 bits per heavy atom. The van der Waals surface area contributed by atoms with E-state index in [2.05, 4.69) is 3.20 Å². The number of rotatable bonds is 2. The zero-order valence-corrected chi connectivity index (χ0v) is 7.41. The Morgan fingerprint density at radius 2 is 1.88 bits per heavy atom. The van der Waals surface area contributed by atoms with Gasteiger partial charge in [-0.25, -0.2) is 0 Å². The van der Waals surface area contributed by atoms with E-state index in [1.165, 1.54) is 0 Å². The van der Waals surface area contributed by atoms with Crippen molar-refractivity contribution in [2.45, 2.75) is 14.9 Å². The third-order valence-corrected chi connectivity index (χ3v) is 1.91. The molecule has 0 aromatic heterocycles.